The molecule has 1 N–H and O–H groups in total. The second-order valence-electron chi connectivity index (χ2n) is 4.84. The number of benzene rings is 1. The lowest BCUT2D eigenvalue weighted by molar-refractivity contribution is 0.0697. The van der Waals surface area contributed by atoms with Gasteiger partial charge in [-0.15, -0.1) is 11.3 Å². The number of hydrogen-bond donors (Lipinski definition) is 1. The van der Waals surface area contributed by atoms with Crippen molar-refractivity contribution in [3.63, 3.8) is 0 Å². The first-order valence-electron chi connectivity index (χ1n) is 6.47. The summed E-state index contributed by atoms with van der Waals surface area (Å²) in [4.78, 5) is 29.1. The second kappa shape index (κ2) is 6.49. The summed E-state index contributed by atoms with van der Waals surface area (Å²) < 4.78 is 0. The molecule has 110 valence electrons. The standard InChI is InChI=1S/C15H16N2O3S/c1-10(13-16-6-7-21-13)9-17(2)14(18)11-4-3-5-12(8-11)15(19)20/h3-8,10H,9H2,1-2H3,(H,19,20). The van der Waals surface area contributed by atoms with Crippen LogP contribution >= 0.6 is 11.3 Å². The summed E-state index contributed by atoms with van der Waals surface area (Å²) in [5, 5.41) is 11.9. The van der Waals surface area contributed by atoms with Gasteiger partial charge in [0.05, 0.1) is 10.6 Å². The Labute approximate surface area is 126 Å². The molecule has 0 saturated heterocycles. The topological polar surface area (TPSA) is 70.5 Å². The molecule has 1 unspecified atom stereocenters. The number of aromatic nitrogens is 1. The van der Waals surface area contributed by atoms with Gasteiger partial charge < -0.3 is 10.0 Å². The number of aromatic carboxylic acids is 1. The first kappa shape index (κ1) is 15.2. The Hall–Kier alpha value is -2.21. The third-order valence-corrected chi connectivity index (χ3v) is 4.13. The lowest BCUT2D eigenvalue weighted by atomic mass is 10.1. The summed E-state index contributed by atoms with van der Waals surface area (Å²) in [6.07, 6.45) is 1.74. The Morgan fingerprint density at radius 3 is 2.71 bits per heavy atom. The summed E-state index contributed by atoms with van der Waals surface area (Å²) in [6, 6.07) is 6.07. The smallest absolute Gasteiger partial charge is 0.335 e. The third-order valence-electron chi connectivity index (χ3n) is 3.12. The third kappa shape index (κ3) is 3.66. The average molecular weight is 304 g/mol. The van der Waals surface area contributed by atoms with Crippen LogP contribution in [-0.4, -0.2) is 40.5 Å². The van der Waals surface area contributed by atoms with Gasteiger partial charge in [-0.1, -0.05) is 13.0 Å². The predicted octanol–water partition coefficient (Wildman–Crippen LogP) is 2.72. The summed E-state index contributed by atoms with van der Waals surface area (Å²) in [6.45, 7) is 2.54. The number of likely N-dealkylation sites (N-methyl/N-ethyl adjacent to an activating group) is 1. The van der Waals surface area contributed by atoms with Crippen LogP contribution in [0.4, 0.5) is 0 Å². The van der Waals surface area contributed by atoms with E-state index in [4.69, 9.17) is 5.11 Å². The van der Waals surface area contributed by atoms with Gasteiger partial charge in [0.1, 0.15) is 0 Å². The van der Waals surface area contributed by atoms with E-state index < -0.39 is 5.97 Å². The Kier molecular flexibility index (Phi) is 4.70. The Morgan fingerprint density at radius 1 is 1.38 bits per heavy atom. The highest BCUT2D eigenvalue weighted by atomic mass is 32.1. The molecule has 0 radical (unpaired) electrons. The lowest BCUT2D eigenvalue weighted by Crippen LogP contribution is -2.30. The van der Waals surface area contributed by atoms with Crippen molar-refractivity contribution < 1.29 is 14.7 Å². The Bertz CT molecular complexity index is 640. The maximum Gasteiger partial charge on any atom is 0.335 e. The molecule has 0 bridgehead atoms. The van der Waals surface area contributed by atoms with Crippen LogP contribution in [0.1, 0.15) is 38.6 Å². The number of nitrogens with zero attached hydrogens (tertiary/aromatic N) is 2. The number of carbonyl (C=O) groups is 2. The number of carboxylic acid groups (broad SMARTS) is 1. The number of carbonyl (C=O) groups excluding carboxylic acids is 1. The summed E-state index contributed by atoms with van der Waals surface area (Å²) in [5.41, 5.74) is 0.492. The van der Waals surface area contributed by atoms with Crippen LogP contribution in [0.2, 0.25) is 0 Å². The molecule has 0 saturated carbocycles. The average Bonchev–Trinajstić information content (AvgIpc) is 3.00. The lowest BCUT2D eigenvalue weighted by Gasteiger charge is -2.20. The van der Waals surface area contributed by atoms with E-state index in [2.05, 4.69) is 4.98 Å². The quantitative estimate of drug-likeness (QED) is 0.922. The molecule has 0 fully saturated rings. The second-order valence-corrected chi connectivity index (χ2v) is 5.77. The zero-order valence-electron chi connectivity index (χ0n) is 11.8. The zero-order chi connectivity index (χ0) is 15.4. The van der Waals surface area contributed by atoms with Crippen molar-refractivity contribution in [3.05, 3.63) is 52.0 Å². The summed E-state index contributed by atoms with van der Waals surface area (Å²) >= 11 is 1.56. The van der Waals surface area contributed by atoms with Crippen LogP contribution in [-0.2, 0) is 0 Å². The Balaban J connectivity index is 2.08. The molecule has 2 rings (SSSR count). The molecular formula is C15H16N2O3S. The number of rotatable bonds is 5. The fourth-order valence-corrected chi connectivity index (χ4v) is 2.74. The van der Waals surface area contributed by atoms with Gasteiger partial charge >= 0.3 is 5.97 Å². The van der Waals surface area contributed by atoms with E-state index in [1.807, 2.05) is 12.3 Å². The maximum absolute atomic E-state index is 12.3. The normalized spacial score (nSPS) is 11.9. The minimum atomic E-state index is -1.04. The van der Waals surface area contributed by atoms with Crippen LogP contribution in [0.5, 0.6) is 0 Å². The van der Waals surface area contributed by atoms with Crippen LogP contribution in [0.25, 0.3) is 0 Å². The van der Waals surface area contributed by atoms with Gasteiger partial charge in [-0.05, 0) is 18.2 Å². The van der Waals surface area contributed by atoms with Crippen molar-refractivity contribution in [2.75, 3.05) is 13.6 Å². The largest absolute Gasteiger partial charge is 0.478 e. The van der Waals surface area contributed by atoms with Gasteiger partial charge in [0, 0.05) is 36.7 Å². The molecule has 1 heterocycles. The van der Waals surface area contributed by atoms with E-state index in [1.165, 1.54) is 12.1 Å². The summed E-state index contributed by atoms with van der Waals surface area (Å²) in [5.74, 6) is -1.09. The van der Waals surface area contributed by atoms with Gasteiger partial charge in [0.15, 0.2) is 0 Å². The van der Waals surface area contributed by atoms with Crippen molar-refractivity contribution in [2.45, 2.75) is 12.8 Å². The van der Waals surface area contributed by atoms with Crippen molar-refractivity contribution in [1.29, 1.82) is 0 Å². The first-order chi connectivity index (χ1) is 9.99. The van der Waals surface area contributed by atoms with E-state index in [9.17, 15) is 9.59 Å². The fourth-order valence-electron chi connectivity index (χ4n) is 2.06. The Morgan fingerprint density at radius 2 is 2.10 bits per heavy atom. The molecule has 2 aromatic rings. The minimum Gasteiger partial charge on any atom is -0.478 e. The molecule has 1 aromatic heterocycles. The molecule has 5 nitrogen and oxygen atoms in total. The van der Waals surface area contributed by atoms with Crippen molar-refractivity contribution in [1.82, 2.24) is 9.88 Å². The number of hydrogen-bond acceptors (Lipinski definition) is 4. The van der Waals surface area contributed by atoms with Crippen LogP contribution in [0.3, 0.4) is 0 Å². The van der Waals surface area contributed by atoms with Crippen LogP contribution < -0.4 is 0 Å². The molecule has 1 atom stereocenters. The fraction of sp³-hybridized carbons (Fsp3) is 0.267. The molecular weight excluding hydrogens is 288 g/mol. The summed E-state index contributed by atoms with van der Waals surface area (Å²) in [7, 11) is 1.71. The van der Waals surface area contributed by atoms with E-state index in [-0.39, 0.29) is 17.4 Å². The minimum absolute atomic E-state index is 0.113. The highest BCUT2D eigenvalue weighted by Gasteiger charge is 2.17. The number of thiazole rings is 1. The predicted molar refractivity (Wildman–Crippen MR) is 80.9 cm³/mol. The van der Waals surface area contributed by atoms with E-state index in [0.29, 0.717) is 12.1 Å². The van der Waals surface area contributed by atoms with Gasteiger partial charge in [-0.3, -0.25) is 4.79 Å². The molecule has 1 aromatic carbocycles. The molecule has 0 aliphatic rings. The maximum atomic E-state index is 12.3. The first-order valence-corrected chi connectivity index (χ1v) is 7.35. The van der Waals surface area contributed by atoms with Gasteiger partial charge in [-0.25, -0.2) is 9.78 Å². The molecule has 6 heteroatoms. The highest BCUT2D eigenvalue weighted by molar-refractivity contribution is 7.09. The number of amides is 1. The van der Waals surface area contributed by atoms with Crippen LogP contribution in [0.15, 0.2) is 35.8 Å². The van der Waals surface area contributed by atoms with Crippen molar-refractivity contribution in [2.24, 2.45) is 0 Å². The molecule has 0 aliphatic heterocycles. The van der Waals surface area contributed by atoms with Crippen LogP contribution in [0, 0.1) is 0 Å². The zero-order valence-corrected chi connectivity index (χ0v) is 12.6. The van der Waals surface area contributed by atoms with E-state index >= 15 is 0 Å². The van der Waals surface area contributed by atoms with E-state index in [1.54, 1.807) is 41.6 Å². The SMILES string of the molecule is CC(CN(C)C(=O)c1cccc(C(=O)O)c1)c1nccs1. The molecule has 1 amide bonds. The van der Waals surface area contributed by atoms with E-state index in [0.717, 1.165) is 5.01 Å². The number of carboxylic acids is 1. The highest BCUT2D eigenvalue weighted by Crippen LogP contribution is 2.19. The van der Waals surface area contributed by atoms with Gasteiger partial charge in [0.25, 0.3) is 5.91 Å². The van der Waals surface area contributed by atoms with Gasteiger partial charge in [-0.2, -0.15) is 0 Å². The van der Waals surface area contributed by atoms with Crippen molar-refractivity contribution >= 4 is 23.2 Å². The monoisotopic (exact) mass is 304 g/mol. The molecule has 21 heavy (non-hydrogen) atoms. The van der Waals surface area contributed by atoms with Crippen molar-refractivity contribution in [3.8, 4) is 0 Å². The molecule has 0 spiro atoms. The van der Waals surface area contributed by atoms with Gasteiger partial charge in [0.2, 0.25) is 0 Å². The molecule has 0 aliphatic carbocycles.